The minimum atomic E-state index is -0.493. The first kappa shape index (κ1) is 17.4. The first-order chi connectivity index (χ1) is 13.1. The van der Waals surface area contributed by atoms with Crippen LogP contribution >= 0.6 is 0 Å². The third kappa shape index (κ3) is 2.64. The van der Waals surface area contributed by atoms with Crippen molar-refractivity contribution in [2.75, 3.05) is 7.11 Å². The molecule has 0 amide bonds. The number of Topliss-reactive ketones (excluding diaryl/α,β-unsaturated/α-hetero) is 1. The van der Waals surface area contributed by atoms with Crippen LogP contribution in [0.25, 0.3) is 0 Å². The van der Waals surface area contributed by atoms with Crippen molar-refractivity contribution in [3.63, 3.8) is 0 Å². The second kappa shape index (κ2) is 6.62. The molecule has 2 aliphatic rings. The molecule has 0 spiro atoms. The Kier molecular flexibility index (Phi) is 4.27. The van der Waals surface area contributed by atoms with Crippen LogP contribution in [0.15, 0.2) is 64.8 Å². The number of aryl methyl sites for hydroxylation is 1. The topological polar surface area (TPSA) is 55.7 Å². The minimum Gasteiger partial charge on any atom is -0.466 e. The van der Waals surface area contributed by atoms with E-state index in [-0.39, 0.29) is 5.78 Å². The number of aliphatic imine (C=N–C) groups is 1. The van der Waals surface area contributed by atoms with Crippen LogP contribution in [0.1, 0.15) is 46.8 Å². The molecule has 2 aromatic rings. The van der Waals surface area contributed by atoms with Gasteiger partial charge in [0.1, 0.15) is 0 Å². The molecule has 1 aliphatic heterocycles. The van der Waals surface area contributed by atoms with Crippen LogP contribution in [0.2, 0.25) is 0 Å². The van der Waals surface area contributed by atoms with Gasteiger partial charge in [0.15, 0.2) is 5.78 Å². The van der Waals surface area contributed by atoms with E-state index >= 15 is 0 Å². The first-order valence-electron chi connectivity index (χ1n) is 9.17. The Balaban J connectivity index is 1.93. The van der Waals surface area contributed by atoms with Crippen LogP contribution in [0.4, 0.5) is 0 Å². The van der Waals surface area contributed by atoms with E-state index in [0.717, 1.165) is 23.3 Å². The van der Waals surface area contributed by atoms with E-state index in [0.29, 0.717) is 16.8 Å². The third-order valence-corrected chi connectivity index (χ3v) is 5.52. The maximum atomic E-state index is 13.2. The van der Waals surface area contributed by atoms with Crippen LogP contribution in [0, 0.1) is 5.92 Å². The Bertz CT molecular complexity index is 999. The van der Waals surface area contributed by atoms with E-state index in [2.05, 4.69) is 24.0 Å². The number of nitrogens with zero attached hydrogens (tertiary/aromatic N) is 1. The molecule has 1 unspecified atom stereocenters. The summed E-state index contributed by atoms with van der Waals surface area (Å²) in [6.07, 6.45) is 0.935. The fraction of sp³-hybridized carbons (Fsp3) is 0.261. The van der Waals surface area contributed by atoms with Crippen LogP contribution in [0.3, 0.4) is 0 Å². The third-order valence-electron chi connectivity index (χ3n) is 5.52. The van der Waals surface area contributed by atoms with Crippen molar-refractivity contribution in [3.05, 3.63) is 82.1 Å². The van der Waals surface area contributed by atoms with Gasteiger partial charge in [0.2, 0.25) is 0 Å². The van der Waals surface area contributed by atoms with Gasteiger partial charge in [0.25, 0.3) is 0 Å². The normalized spacial score (nSPS) is 20.9. The number of fused-ring (bicyclic) bond motifs is 3. The summed E-state index contributed by atoms with van der Waals surface area (Å²) in [4.78, 5) is 30.5. The highest BCUT2D eigenvalue weighted by Gasteiger charge is 2.47. The Labute approximate surface area is 158 Å². The van der Waals surface area contributed by atoms with Crippen molar-refractivity contribution in [2.24, 2.45) is 10.9 Å². The molecular weight excluding hydrogens is 338 g/mol. The van der Waals surface area contributed by atoms with Crippen molar-refractivity contribution >= 4 is 17.5 Å². The minimum absolute atomic E-state index is 0.0165. The molecule has 0 fully saturated rings. The van der Waals surface area contributed by atoms with Crippen LogP contribution in [-0.4, -0.2) is 24.6 Å². The van der Waals surface area contributed by atoms with Crippen molar-refractivity contribution in [1.29, 1.82) is 0 Å². The number of carbonyl (C=O) groups excluding carboxylic acids is 2. The summed E-state index contributed by atoms with van der Waals surface area (Å²) in [7, 11) is 1.37. The zero-order valence-electron chi connectivity index (χ0n) is 15.7. The largest absolute Gasteiger partial charge is 0.466 e. The van der Waals surface area contributed by atoms with Crippen LogP contribution in [0.5, 0.6) is 0 Å². The SMILES string of the molecule is CCc1ccc([C@H]2C(C(=O)OC)=C(C)N=C3c4ccccc4C(=O)C32)cc1. The quantitative estimate of drug-likeness (QED) is 0.776. The smallest absolute Gasteiger partial charge is 0.336 e. The number of hydrogen-bond donors (Lipinski definition) is 0. The van der Waals surface area contributed by atoms with Crippen molar-refractivity contribution in [3.8, 4) is 0 Å². The van der Waals surface area contributed by atoms with Gasteiger partial charge < -0.3 is 4.74 Å². The lowest BCUT2D eigenvalue weighted by atomic mass is 9.75. The summed E-state index contributed by atoms with van der Waals surface area (Å²) in [6, 6.07) is 15.7. The van der Waals surface area contributed by atoms with E-state index in [9.17, 15) is 9.59 Å². The number of methoxy groups -OCH3 is 1. The van der Waals surface area contributed by atoms with Gasteiger partial charge >= 0.3 is 5.97 Å². The van der Waals surface area contributed by atoms with Gasteiger partial charge in [-0.2, -0.15) is 0 Å². The highest BCUT2D eigenvalue weighted by atomic mass is 16.5. The van der Waals surface area contributed by atoms with Gasteiger partial charge in [0, 0.05) is 22.7 Å². The summed E-state index contributed by atoms with van der Waals surface area (Å²) in [5, 5.41) is 0. The predicted octanol–water partition coefficient (Wildman–Crippen LogP) is 4.10. The van der Waals surface area contributed by atoms with E-state index in [1.54, 1.807) is 0 Å². The molecule has 0 aromatic heterocycles. The van der Waals surface area contributed by atoms with E-state index in [4.69, 9.17) is 4.74 Å². The van der Waals surface area contributed by atoms with Crippen LogP contribution in [-0.2, 0) is 16.0 Å². The second-order valence-electron chi connectivity index (χ2n) is 6.95. The molecule has 1 aliphatic carbocycles. The van der Waals surface area contributed by atoms with E-state index in [1.165, 1.54) is 12.7 Å². The standard InChI is InChI=1S/C23H21NO3/c1-4-14-9-11-15(12-10-14)19-18(23(26)27-3)13(2)24-21-16-7-5-6-8-17(16)22(25)20(19)21/h5-12,19-20H,4H2,1-3H3/t19-,20?/m0/s1. The molecule has 2 aromatic carbocycles. The molecule has 27 heavy (non-hydrogen) atoms. The summed E-state index contributed by atoms with van der Waals surface area (Å²) >= 11 is 0. The van der Waals surface area contributed by atoms with Crippen molar-refractivity contribution in [2.45, 2.75) is 26.2 Å². The predicted molar refractivity (Wildman–Crippen MR) is 104 cm³/mol. The molecule has 0 N–H and O–H groups in total. The number of rotatable bonds is 3. The molecule has 4 nitrogen and oxygen atoms in total. The summed E-state index contributed by atoms with van der Waals surface area (Å²) in [6.45, 7) is 3.91. The number of allylic oxidation sites excluding steroid dienone is 1. The lowest BCUT2D eigenvalue weighted by molar-refractivity contribution is -0.136. The highest BCUT2D eigenvalue weighted by Crippen LogP contribution is 2.45. The van der Waals surface area contributed by atoms with Gasteiger partial charge in [-0.1, -0.05) is 55.5 Å². The maximum Gasteiger partial charge on any atom is 0.336 e. The molecule has 4 heteroatoms. The highest BCUT2D eigenvalue weighted by molar-refractivity contribution is 6.30. The average molecular weight is 359 g/mol. The maximum absolute atomic E-state index is 13.2. The van der Waals surface area contributed by atoms with Gasteiger partial charge in [-0.05, 0) is 24.5 Å². The Morgan fingerprint density at radius 2 is 1.70 bits per heavy atom. The zero-order valence-corrected chi connectivity index (χ0v) is 15.7. The van der Waals surface area contributed by atoms with Gasteiger partial charge in [-0.15, -0.1) is 0 Å². The molecule has 2 atom stereocenters. The molecule has 0 saturated heterocycles. The number of ketones is 1. The summed E-state index contributed by atoms with van der Waals surface area (Å²) in [5.74, 6) is -1.30. The molecule has 0 bridgehead atoms. The van der Waals surface area contributed by atoms with E-state index in [1.807, 2.05) is 43.3 Å². The first-order valence-corrected chi connectivity index (χ1v) is 9.17. The molecule has 0 radical (unpaired) electrons. The zero-order chi connectivity index (χ0) is 19.1. The van der Waals surface area contributed by atoms with Gasteiger partial charge in [-0.25, -0.2) is 4.79 Å². The van der Waals surface area contributed by atoms with Crippen LogP contribution < -0.4 is 0 Å². The monoisotopic (exact) mass is 359 g/mol. The second-order valence-corrected chi connectivity index (χ2v) is 6.95. The van der Waals surface area contributed by atoms with Crippen molar-refractivity contribution in [1.82, 2.24) is 0 Å². The number of benzene rings is 2. The Morgan fingerprint density at radius 3 is 2.33 bits per heavy atom. The fourth-order valence-corrected chi connectivity index (χ4v) is 4.16. The molecule has 136 valence electrons. The van der Waals surface area contributed by atoms with Gasteiger partial charge in [0.05, 0.1) is 24.3 Å². The lowest BCUT2D eigenvalue weighted by Crippen LogP contribution is -2.32. The average Bonchev–Trinajstić information content (AvgIpc) is 2.99. The Hall–Kier alpha value is -3.01. The number of ether oxygens (including phenoxy) is 1. The summed E-state index contributed by atoms with van der Waals surface area (Å²) in [5.41, 5.74) is 5.53. The molecule has 1 heterocycles. The summed E-state index contributed by atoms with van der Waals surface area (Å²) < 4.78 is 5.04. The molecule has 4 rings (SSSR count). The van der Waals surface area contributed by atoms with Gasteiger partial charge in [-0.3, -0.25) is 9.79 Å². The molecule has 0 saturated carbocycles. The fourth-order valence-electron chi connectivity index (χ4n) is 4.16. The molecular formula is C23H21NO3. The van der Waals surface area contributed by atoms with E-state index < -0.39 is 17.8 Å². The lowest BCUT2D eigenvalue weighted by Gasteiger charge is -2.29. The number of hydrogen-bond acceptors (Lipinski definition) is 4. The number of esters is 1. The Morgan fingerprint density at radius 1 is 1.04 bits per heavy atom. The number of carbonyl (C=O) groups is 2. The van der Waals surface area contributed by atoms with Crippen molar-refractivity contribution < 1.29 is 14.3 Å².